The van der Waals surface area contributed by atoms with E-state index in [1.165, 1.54) is 11.5 Å². The fraction of sp³-hybridized carbons (Fsp3) is 0.167. The van der Waals surface area contributed by atoms with Gasteiger partial charge in [0, 0.05) is 23.7 Å². The van der Waals surface area contributed by atoms with Gasteiger partial charge in [0.2, 0.25) is 0 Å². The van der Waals surface area contributed by atoms with E-state index in [0.717, 1.165) is 11.3 Å². The fourth-order valence-electron chi connectivity index (χ4n) is 0.592. The zero-order valence-corrected chi connectivity index (χ0v) is 7.86. The lowest BCUT2D eigenvalue weighted by Crippen LogP contribution is -2.24. The van der Waals surface area contributed by atoms with Crippen molar-refractivity contribution >= 4 is 35.1 Å². The van der Waals surface area contributed by atoms with Crippen molar-refractivity contribution in [2.45, 2.75) is 6.42 Å². The van der Waals surface area contributed by atoms with Crippen molar-refractivity contribution < 1.29 is 0 Å². The highest BCUT2D eigenvalue weighted by atomic mass is 32.1. The van der Waals surface area contributed by atoms with Gasteiger partial charge in [-0.3, -0.25) is 5.43 Å². The lowest BCUT2D eigenvalue weighted by molar-refractivity contribution is 1.03. The minimum absolute atomic E-state index is 0.176. The molecule has 12 heavy (non-hydrogen) atoms. The van der Waals surface area contributed by atoms with Crippen molar-refractivity contribution in [3.63, 3.8) is 0 Å². The first-order chi connectivity index (χ1) is 5.79. The van der Waals surface area contributed by atoms with Crippen LogP contribution < -0.4 is 11.2 Å². The molecule has 1 rings (SSSR count). The van der Waals surface area contributed by atoms with E-state index in [-0.39, 0.29) is 5.11 Å². The van der Waals surface area contributed by atoms with Crippen LogP contribution in [0.25, 0.3) is 0 Å². The highest BCUT2D eigenvalue weighted by Gasteiger charge is 1.89. The Bertz CT molecular complexity index is 267. The average Bonchev–Trinajstić information content (AvgIpc) is 2.49. The smallest absolute Gasteiger partial charge is 0.184 e. The summed E-state index contributed by atoms with van der Waals surface area (Å²) in [5.74, 6) is 0. The van der Waals surface area contributed by atoms with Crippen molar-refractivity contribution in [2.24, 2.45) is 10.8 Å². The van der Waals surface area contributed by atoms with Crippen LogP contribution in [0.1, 0.15) is 4.88 Å². The van der Waals surface area contributed by atoms with Gasteiger partial charge >= 0.3 is 0 Å². The molecular formula is C6H8N4S2. The maximum Gasteiger partial charge on any atom is 0.184 e. The minimum Gasteiger partial charge on any atom is -0.375 e. The fourth-order valence-corrected chi connectivity index (χ4v) is 1.17. The molecule has 0 aliphatic carbocycles. The maximum absolute atomic E-state index is 5.15. The summed E-state index contributed by atoms with van der Waals surface area (Å²) in [5, 5.41) is 3.96. The Kier molecular flexibility index (Phi) is 3.62. The lowest BCUT2D eigenvalue weighted by Gasteiger charge is -1.91. The molecule has 1 aromatic rings. The van der Waals surface area contributed by atoms with Gasteiger partial charge in [-0.1, -0.05) is 0 Å². The number of rotatable bonds is 3. The number of hydrogen-bond acceptors (Lipinski definition) is 4. The van der Waals surface area contributed by atoms with Gasteiger partial charge in [-0.25, -0.2) is 4.37 Å². The van der Waals surface area contributed by atoms with E-state index in [1.807, 2.05) is 6.07 Å². The van der Waals surface area contributed by atoms with Gasteiger partial charge in [0.05, 0.1) is 0 Å². The first kappa shape index (κ1) is 9.08. The number of nitrogens with zero attached hydrogens (tertiary/aromatic N) is 2. The van der Waals surface area contributed by atoms with Crippen molar-refractivity contribution in [1.29, 1.82) is 0 Å². The standard InChI is InChI=1S/C6H8N4S2/c7-6(11)10-8-3-1-5-2-4-9-12-5/h2-4H,1H2,(H3,7,10,11). The highest BCUT2D eigenvalue weighted by Crippen LogP contribution is 2.02. The van der Waals surface area contributed by atoms with E-state index in [9.17, 15) is 0 Å². The molecule has 0 spiro atoms. The van der Waals surface area contributed by atoms with E-state index < -0.39 is 0 Å². The zero-order valence-electron chi connectivity index (χ0n) is 6.23. The molecule has 1 aromatic heterocycles. The topological polar surface area (TPSA) is 63.3 Å². The Labute approximate surface area is 79.6 Å². The van der Waals surface area contributed by atoms with E-state index in [1.54, 1.807) is 12.4 Å². The van der Waals surface area contributed by atoms with Crippen LogP contribution in [0.3, 0.4) is 0 Å². The van der Waals surface area contributed by atoms with Crippen LogP contribution in [0.5, 0.6) is 0 Å². The van der Waals surface area contributed by atoms with Crippen molar-refractivity contribution in [1.82, 2.24) is 9.80 Å². The largest absolute Gasteiger partial charge is 0.375 e. The molecule has 0 unspecified atom stereocenters. The monoisotopic (exact) mass is 200 g/mol. The Morgan fingerprint density at radius 2 is 2.75 bits per heavy atom. The summed E-state index contributed by atoms with van der Waals surface area (Å²) in [7, 11) is 0. The molecule has 0 atom stereocenters. The number of hydrogen-bond donors (Lipinski definition) is 2. The quantitative estimate of drug-likeness (QED) is 0.424. The van der Waals surface area contributed by atoms with Crippen LogP contribution in [-0.4, -0.2) is 15.7 Å². The second-order valence-corrected chi connectivity index (χ2v) is 3.33. The molecule has 6 heteroatoms. The maximum atomic E-state index is 5.15. The summed E-state index contributed by atoms with van der Waals surface area (Å²) in [6, 6.07) is 1.94. The van der Waals surface area contributed by atoms with Crippen LogP contribution in [-0.2, 0) is 6.42 Å². The van der Waals surface area contributed by atoms with Gasteiger partial charge in [0.1, 0.15) is 0 Å². The predicted octanol–water partition coefficient (Wildman–Crippen LogP) is 0.505. The van der Waals surface area contributed by atoms with Crippen molar-refractivity contribution in [3.8, 4) is 0 Å². The number of aromatic nitrogens is 1. The van der Waals surface area contributed by atoms with Crippen LogP contribution in [0.4, 0.5) is 0 Å². The van der Waals surface area contributed by atoms with Gasteiger partial charge < -0.3 is 5.73 Å². The second-order valence-electron chi connectivity index (χ2n) is 1.97. The van der Waals surface area contributed by atoms with Gasteiger partial charge in [-0.2, -0.15) is 5.10 Å². The van der Waals surface area contributed by atoms with Crippen LogP contribution >= 0.6 is 23.8 Å². The van der Waals surface area contributed by atoms with Gasteiger partial charge in [-0.05, 0) is 29.8 Å². The summed E-state index contributed by atoms with van der Waals surface area (Å²) >= 11 is 6.00. The third-order valence-corrected chi connectivity index (χ3v) is 1.91. The molecule has 0 radical (unpaired) electrons. The SMILES string of the molecule is NC(=S)NN=CCc1ccns1. The second kappa shape index (κ2) is 4.78. The molecule has 1 heterocycles. The predicted molar refractivity (Wildman–Crippen MR) is 54.2 cm³/mol. The summed E-state index contributed by atoms with van der Waals surface area (Å²) in [6.45, 7) is 0. The Morgan fingerprint density at radius 3 is 3.33 bits per heavy atom. The van der Waals surface area contributed by atoms with Gasteiger partial charge in [0.25, 0.3) is 0 Å². The third-order valence-electron chi connectivity index (χ3n) is 1.05. The van der Waals surface area contributed by atoms with E-state index in [2.05, 4.69) is 27.1 Å². The first-order valence-electron chi connectivity index (χ1n) is 3.25. The van der Waals surface area contributed by atoms with Crippen molar-refractivity contribution in [3.05, 3.63) is 17.1 Å². The number of nitrogens with one attached hydrogen (secondary N) is 1. The molecule has 64 valence electrons. The number of thiocarbonyl (C=S) groups is 1. The molecular weight excluding hydrogens is 192 g/mol. The molecule has 0 saturated carbocycles. The molecule has 0 aliphatic heterocycles. The summed E-state index contributed by atoms with van der Waals surface area (Å²) < 4.78 is 3.95. The van der Waals surface area contributed by atoms with Crippen molar-refractivity contribution in [2.75, 3.05) is 0 Å². The van der Waals surface area contributed by atoms with Gasteiger partial charge in [-0.15, -0.1) is 0 Å². The third kappa shape index (κ3) is 3.40. The highest BCUT2D eigenvalue weighted by molar-refractivity contribution is 7.80. The normalized spacial score (nSPS) is 10.3. The Morgan fingerprint density at radius 1 is 1.92 bits per heavy atom. The molecule has 0 aromatic carbocycles. The number of hydrazone groups is 1. The van der Waals surface area contributed by atoms with E-state index in [0.29, 0.717) is 0 Å². The summed E-state index contributed by atoms with van der Waals surface area (Å²) in [4.78, 5) is 1.16. The van der Waals surface area contributed by atoms with Crippen LogP contribution in [0, 0.1) is 0 Å². The molecule has 0 fully saturated rings. The van der Waals surface area contributed by atoms with E-state index in [4.69, 9.17) is 5.73 Å². The van der Waals surface area contributed by atoms with E-state index >= 15 is 0 Å². The zero-order chi connectivity index (χ0) is 8.81. The average molecular weight is 200 g/mol. The Hall–Kier alpha value is -1.01. The molecule has 0 bridgehead atoms. The molecule has 0 saturated heterocycles. The Balaban J connectivity index is 2.26. The molecule has 4 nitrogen and oxygen atoms in total. The van der Waals surface area contributed by atoms with Crippen LogP contribution in [0.15, 0.2) is 17.4 Å². The van der Waals surface area contributed by atoms with Gasteiger partial charge in [0.15, 0.2) is 5.11 Å². The molecule has 0 amide bonds. The van der Waals surface area contributed by atoms with Crippen LogP contribution in [0.2, 0.25) is 0 Å². The lowest BCUT2D eigenvalue weighted by atomic mass is 10.4. The first-order valence-corrected chi connectivity index (χ1v) is 4.43. The number of nitrogens with two attached hydrogens (primary N) is 1. The minimum atomic E-state index is 0.176. The summed E-state index contributed by atoms with van der Waals surface area (Å²) in [6.07, 6.45) is 4.21. The molecule has 0 aliphatic rings. The molecule has 3 N–H and O–H groups in total. The summed E-state index contributed by atoms with van der Waals surface area (Å²) in [5.41, 5.74) is 7.62.